The number of nitrogens with zero attached hydrogens (tertiary/aromatic N) is 2. The SMILES string of the molecule is CC1(C)c2ccccc2-c2ccc3cc4c5cc(-c6ccccc6N(C6=CCC(c7ccccc7)C=C6)c6ccccc6)ccc5n(-c5ccccc5)c4cc3c21. The molecule has 11 rings (SSSR count). The highest BCUT2D eigenvalue weighted by Gasteiger charge is 2.37. The molecular weight excluding hydrogens is 689 g/mol. The number of allylic oxidation sites excluding steroid dienone is 3. The molecule has 2 aliphatic carbocycles. The molecule has 0 fully saturated rings. The number of rotatable bonds is 6. The van der Waals surface area contributed by atoms with Crippen LogP contribution in [-0.2, 0) is 5.41 Å². The van der Waals surface area contributed by atoms with Crippen LogP contribution in [0.3, 0.4) is 0 Å². The first-order valence-electron chi connectivity index (χ1n) is 20.1. The fourth-order valence-electron chi connectivity index (χ4n) is 9.80. The van der Waals surface area contributed by atoms with Gasteiger partial charge in [-0.3, -0.25) is 0 Å². The van der Waals surface area contributed by atoms with Gasteiger partial charge in [-0.25, -0.2) is 0 Å². The Hall–Kier alpha value is -6.90. The standard InChI is InChI=1S/C55H42N2/c1-55(2)50-24-14-12-23-45(50)46-32-28-40-35-49-48-34-39(29-33-52(48)57(42-20-10-5-11-21-42)53(49)36-47(40)54(46)55)44-22-13-15-25-51(44)56(41-18-8-4-9-19-41)43-30-26-38(27-31-43)37-16-6-3-7-17-37/h3-26,28-36,38H,27H2,1-2H3. The highest BCUT2D eigenvalue weighted by atomic mass is 15.1. The van der Waals surface area contributed by atoms with Crippen LogP contribution in [0.2, 0.25) is 0 Å². The quantitative estimate of drug-likeness (QED) is 0.165. The minimum absolute atomic E-state index is 0.102. The molecule has 1 atom stereocenters. The summed E-state index contributed by atoms with van der Waals surface area (Å²) in [4.78, 5) is 2.43. The number of aromatic nitrogens is 1. The molecule has 2 heteroatoms. The molecule has 0 bridgehead atoms. The maximum absolute atomic E-state index is 2.47. The Balaban J connectivity index is 1.10. The predicted molar refractivity (Wildman–Crippen MR) is 241 cm³/mol. The van der Waals surface area contributed by atoms with E-state index in [0.717, 1.165) is 17.8 Å². The highest BCUT2D eigenvalue weighted by molar-refractivity contribution is 6.16. The predicted octanol–water partition coefficient (Wildman–Crippen LogP) is 14.7. The van der Waals surface area contributed by atoms with Gasteiger partial charge in [-0.05, 0) is 111 Å². The van der Waals surface area contributed by atoms with Gasteiger partial charge in [-0.1, -0.05) is 153 Å². The lowest BCUT2D eigenvalue weighted by Crippen LogP contribution is -2.18. The van der Waals surface area contributed by atoms with Gasteiger partial charge >= 0.3 is 0 Å². The molecule has 0 saturated carbocycles. The Bertz CT molecular complexity index is 3060. The van der Waals surface area contributed by atoms with E-state index < -0.39 is 0 Å². The Morgan fingerprint density at radius 1 is 0.561 bits per heavy atom. The lowest BCUT2D eigenvalue weighted by Gasteiger charge is -2.31. The lowest BCUT2D eigenvalue weighted by atomic mass is 9.80. The fourth-order valence-corrected chi connectivity index (χ4v) is 9.80. The number of hydrogen-bond acceptors (Lipinski definition) is 1. The number of benzene rings is 8. The van der Waals surface area contributed by atoms with E-state index in [-0.39, 0.29) is 5.41 Å². The van der Waals surface area contributed by atoms with Gasteiger partial charge in [-0.15, -0.1) is 0 Å². The molecule has 0 spiro atoms. The summed E-state index contributed by atoms with van der Waals surface area (Å²) in [6, 6.07) is 67.0. The Kier molecular flexibility index (Phi) is 7.69. The van der Waals surface area contributed by atoms with Crippen molar-refractivity contribution >= 4 is 44.0 Å². The molecule has 1 unspecified atom stereocenters. The fraction of sp³-hybridized carbons (Fsp3) is 0.0909. The third-order valence-corrected chi connectivity index (χ3v) is 12.5. The van der Waals surface area contributed by atoms with Crippen molar-refractivity contribution in [2.45, 2.75) is 31.6 Å². The molecule has 57 heavy (non-hydrogen) atoms. The largest absolute Gasteiger partial charge is 0.310 e. The zero-order valence-corrected chi connectivity index (χ0v) is 32.2. The molecule has 9 aromatic rings. The van der Waals surface area contributed by atoms with Crippen molar-refractivity contribution < 1.29 is 0 Å². The van der Waals surface area contributed by atoms with Crippen LogP contribution >= 0.6 is 0 Å². The first-order chi connectivity index (χ1) is 28.0. The number of hydrogen-bond donors (Lipinski definition) is 0. The summed E-state index contributed by atoms with van der Waals surface area (Å²) < 4.78 is 2.46. The molecule has 0 saturated heterocycles. The number of para-hydroxylation sites is 3. The number of fused-ring (bicyclic) bond motifs is 8. The van der Waals surface area contributed by atoms with E-state index in [1.54, 1.807) is 0 Å². The molecule has 8 aromatic carbocycles. The van der Waals surface area contributed by atoms with Crippen LogP contribution in [0.5, 0.6) is 0 Å². The average Bonchev–Trinajstić information content (AvgIpc) is 3.71. The van der Waals surface area contributed by atoms with Crippen molar-refractivity contribution in [2.75, 3.05) is 4.90 Å². The van der Waals surface area contributed by atoms with Crippen molar-refractivity contribution in [3.8, 4) is 27.9 Å². The second-order valence-electron chi connectivity index (χ2n) is 16.1. The molecule has 0 radical (unpaired) electrons. The van der Waals surface area contributed by atoms with Crippen LogP contribution in [-0.4, -0.2) is 4.57 Å². The lowest BCUT2D eigenvalue weighted by molar-refractivity contribution is 0.666. The van der Waals surface area contributed by atoms with Gasteiger partial charge < -0.3 is 9.47 Å². The van der Waals surface area contributed by atoms with Crippen LogP contribution in [0.1, 0.15) is 42.9 Å². The molecule has 0 amide bonds. The van der Waals surface area contributed by atoms with Gasteiger partial charge in [0.2, 0.25) is 0 Å². The molecule has 2 nitrogen and oxygen atoms in total. The van der Waals surface area contributed by atoms with Gasteiger partial charge in [-0.2, -0.15) is 0 Å². The van der Waals surface area contributed by atoms with Gasteiger partial charge in [0.15, 0.2) is 0 Å². The highest BCUT2D eigenvalue weighted by Crippen LogP contribution is 2.52. The van der Waals surface area contributed by atoms with Gasteiger partial charge in [0.25, 0.3) is 0 Å². The van der Waals surface area contributed by atoms with Crippen LogP contribution in [0, 0.1) is 0 Å². The van der Waals surface area contributed by atoms with E-state index in [4.69, 9.17) is 0 Å². The molecule has 2 aliphatic rings. The van der Waals surface area contributed by atoms with Gasteiger partial charge in [0.05, 0.1) is 16.7 Å². The molecular formula is C55H42N2. The summed E-state index contributed by atoms with van der Waals surface area (Å²) in [6.07, 6.45) is 8.03. The second-order valence-corrected chi connectivity index (χ2v) is 16.1. The zero-order chi connectivity index (χ0) is 38.1. The summed E-state index contributed by atoms with van der Waals surface area (Å²) in [7, 11) is 0. The normalized spacial score (nSPS) is 15.5. The van der Waals surface area contributed by atoms with E-state index in [1.807, 2.05) is 0 Å². The zero-order valence-electron chi connectivity index (χ0n) is 32.2. The minimum atomic E-state index is -0.102. The summed E-state index contributed by atoms with van der Waals surface area (Å²) in [5, 5.41) is 5.12. The summed E-state index contributed by atoms with van der Waals surface area (Å²) >= 11 is 0. The monoisotopic (exact) mass is 730 g/mol. The van der Waals surface area contributed by atoms with Crippen molar-refractivity contribution in [1.82, 2.24) is 4.57 Å². The molecule has 272 valence electrons. The first kappa shape index (κ1) is 33.4. The Morgan fingerprint density at radius 2 is 1.25 bits per heavy atom. The van der Waals surface area contributed by atoms with Crippen molar-refractivity contribution in [1.29, 1.82) is 0 Å². The van der Waals surface area contributed by atoms with Crippen LogP contribution in [0.15, 0.2) is 206 Å². The molecule has 1 heterocycles. The average molecular weight is 731 g/mol. The molecule has 0 N–H and O–H groups in total. The van der Waals surface area contributed by atoms with E-state index in [9.17, 15) is 0 Å². The van der Waals surface area contributed by atoms with Crippen LogP contribution < -0.4 is 4.90 Å². The maximum Gasteiger partial charge on any atom is 0.0547 e. The van der Waals surface area contributed by atoms with Crippen LogP contribution in [0.4, 0.5) is 11.4 Å². The van der Waals surface area contributed by atoms with Gasteiger partial charge in [0, 0.05) is 44.7 Å². The smallest absolute Gasteiger partial charge is 0.0547 e. The van der Waals surface area contributed by atoms with E-state index in [1.165, 1.54) is 82.9 Å². The Morgan fingerprint density at radius 3 is 2.02 bits per heavy atom. The minimum Gasteiger partial charge on any atom is -0.310 e. The molecule has 1 aromatic heterocycles. The molecule has 0 aliphatic heterocycles. The van der Waals surface area contributed by atoms with Crippen LogP contribution in [0.25, 0.3) is 60.5 Å². The number of anilines is 2. The third kappa shape index (κ3) is 5.32. The summed E-state index contributed by atoms with van der Waals surface area (Å²) in [5.74, 6) is 0.366. The van der Waals surface area contributed by atoms with Crippen molar-refractivity contribution in [3.05, 3.63) is 223 Å². The van der Waals surface area contributed by atoms with E-state index in [2.05, 4.69) is 224 Å². The second kappa shape index (κ2) is 13.1. The van der Waals surface area contributed by atoms with E-state index in [0.29, 0.717) is 5.92 Å². The summed E-state index contributed by atoms with van der Waals surface area (Å²) in [6.45, 7) is 4.77. The topological polar surface area (TPSA) is 8.17 Å². The third-order valence-electron chi connectivity index (χ3n) is 12.5. The van der Waals surface area contributed by atoms with Crippen molar-refractivity contribution in [2.24, 2.45) is 0 Å². The van der Waals surface area contributed by atoms with E-state index >= 15 is 0 Å². The van der Waals surface area contributed by atoms with Crippen molar-refractivity contribution in [3.63, 3.8) is 0 Å². The Labute approximate surface area is 334 Å². The van der Waals surface area contributed by atoms with Gasteiger partial charge in [0.1, 0.15) is 0 Å². The summed E-state index contributed by atoms with van der Waals surface area (Å²) in [5.41, 5.74) is 16.3. The maximum atomic E-state index is 2.47. The first-order valence-corrected chi connectivity index (χ1v) is 20.1.